The third kappa shape index (κ3) is 4.76. The first-order chi connectivity index (χ1) is 9.99. The Bertz CT molecular complexity index is 681. The van der Waals surface area contributed by atoms with Gasteiger partial charge in [-0.1, -0.05) is 11.8 Å². The fourth-order valence-electron chi connectivity index (χ4n) is 1.76. The van der Waals surface area contributed by atoms with E-state index in [0.717, 1.165) is 16.6 Å². The molecule has 0 saturated carbocycles. The molecule has 6 nitrogen and oxygen atoms in total. The van der Waals surface area contributed by atoms with Gasteiger partial charge in [0.05, 0.1) is 12.9 Å². The Morgan fingerprint density at radius 1 is 1.33 bits per heavy atom. The van der Waals surface area contributed by atoms with Crippen LogP contribution in [0.4, 0.5) is 0 Å². The Kier molecular flexibility index (Phi) is 5.27. The summed E-state index contributed by atoms with van der Waals surface area (Å²) in [5, 5.41) is 5.79. The van der Waals surface area contributed by atoms with E-state index in [1.54, 1.807) is 13.3 Å². The zero-order valence-electron chi connectivity index (χ0n) is 11.6. The second-order valence-corrected chi connectivity index (χ2v) is 7.14. The highest BCUT2D eigenvalue weighted by molar-refractivity contribution is 7.99. The van der Waals surface area contributed by atoms with Crippen LogP contribution in [0.2, 0.25) is 0 Å². The average molecular weight is 327 g/mol. The molecule has 0 bridgehead atoms. The Morgan fingerprint density at radius 2 is 2.05 bits per heavy atom. The van der Waals surface area contributed by atoms with Crippen LogP contribution < -0.4 is 9.88 Å². The molecule has 0 aliphatic carbocycles. The molecule has 1 heterocycles. The van der Waals surface area contributed by atoms with Gasteiger partial charge in [-0.25, -0.2) is 18.5 Å². The van der Waals surface area contributed by atoms with Gasteiger partial charge in [-0.3, -0.25) is 4.57 Å². The number of imidazole rings is 1. The van der Waals surface area contributed by atoms with Gasteiger partial charge < -0.3 is 4.74 Å². The van der Waals surface area contributed by atoms with Gasteiger partial charge in [0.25, 0.3) is 0 Å². The molecule has 0 unspecified atom stereocenters. The van der Waals surface area contributed by atoms with E-state index in [9.17, 15) is 8.42 Å². The van der Waals surface area contributed by atoms with Gasteiger partial charge in [-0.2, -0.15) is 0 Å². The summed E-state index contributed by atoms with van der Waals surface area (Å²) in [5.74, 6) is 1.42. The number of ether oxygens (including phenoxy) is 1. The van der Waals surface area contributed by atoms with Crippen molar-refractivity contribution in [3.63, 3.8) is 0 Å². The molecule has 0 aliphatic heterocycles. The molecule has 21 heavy (non-hydrogen) atoms. The number of nitrogens with zero attached hydrogens (tertiary/aromatic N) is 2. The van der Waals surface area contributed by atoms with Crippen LogP contribution in [0.25, 0.3) is 5.69 Å². The molecule has 114 valence electrons. The third-order valence-corrected chi connectivity index (χ3v) is 4.67. The van der Waals surface area contributed by atoms with Crippen LogP contribution in [0.3, 0.4) is 0 Å². The van der Waals surface area contributed by atoms with Crippen LogP contribution in [-0.2, 0) is 10.0 Å². The average Bonchev–Trinajstić information content (AvgIpc) is 2.91. The third-order valence-electron chi connectivity index (χ3n) is 2.76. The predicted molar refractivity (Wildman–Crippen MR) is 83.4 cm³/mol. The van der Waals surface area contributed by atoms with E-state index >= 15 is 0 Å². The number of hydrogen-bond acceptors (Lipinski definition) is 5. The van der Waals surface area contributed by atoms with Crippen LogP contribution in [-0.4, -0.2) is 36.6 Å². The Hall–Kier alpha value is -1.51. The molecule has 2 N–H and O–H groups in total. The summed E-state index contributed by atoms with van der Waals surface area (Å²) >= 11 is 1.50. The molecule has 1 aromatic carbocycles. The topological polar surface area (TPSA) is 87.2 Å². The van der Waals surface area contributed by atoms with E-state index in [4.69, 9.17) is 9.88 Å². The summed E-state index contributed by atoms with van der Waals surface area (Å²) in [5.41, 5.74) is 0.974. The van der Waals surface area contributed by atoms with Gasteiger partial charge in [0.1, 0.15) is 5.75 Å². The number of aromatic nitrogens is 2. The lowest BCUT2D eigenvalue weighted by atomic mass is 10.3. The molecule has 0 aliphatic rings. The van der Waals surface area contributed by atoms with Crippen molar-refractivity contribution in [1.82, 2.24) is 9.55 Å². The minimum Gasteiger partial charge on any atom is -0.497 e. The molecule has 0 fully saturated rings. The summed E-state index contributed by atoms with van der Waals surface area (Å²) in [7, 11) is -1.77. The fraction of sp³-hybridized carbons (Fsp3) is 0.308. The lowest BCUT2D eigenvalue weighted by Gasteiger charge is -2.08. The van der Waals surface area contributed by atoms with Crippen molar-refractivity contribution in [2.75, 3.05) is 18.6 Å². The number of rotatable bonds is 7. The molecule has 8 heteroatoms. The lowest BCUT2D eigenvalue weighted by Crippen LogP contribution is -2.16. The summed E-state index contributed by atoms with van der Waals surface area (Å²) < 4.78 is 28.8. The molecule has 0 saturated heterocycles. The number of hydrogen-bond donors (Lipinski definition) is 1. The van der Waals surface area contributed by atoms with E-state index < -0.39 is 10.0 Å². The molecule has 0 radical (unpaired) electrons. The smallest absolute Gasteiger partial charge is 0.209 e. The number of primary sulfonamides is 1. The standard InChI is InChI=1S/C13H17N3O3S2/c1-19-12-5-3-11(4-6-12)16-8-7-15-13(16)20-9-2-10-21(14,17)18/h3-8H,2,9-10H2,1H3,(H2,14,17,18). The molecule has 2 rings (SSSR count). The van der Waals surface area contributed by atoms with Gasteiger partial charge in [0, 0.05) is 23.8 Å². The minimum absolute atomic E-state index is 0.0107. The van der Waals surface area contributed by atoms with Gasteiger partial charge in [0.2, 0.25) is 10.0 Å². The molecule has 2 aromatic rings. The van der Waals surface area contributed by atoms with Crippen LogP contribution in [0.5, 0.6) is 5.75 Å². The number of methoxy groups -OCH3 is 1. The van der Waals surface area contributed by atoms with E-state index in [-0.39, 0.29) is 5.75 Å². The first-order valence-electron chi connectivity index (χ1n) is 6.30. The number of thioether (sulfide) groups is 1. The molecular formula is C13H17N3O3S2. The molecule has 1 aromatic heterocycles. The number of benzene rings is 1. The fourth-order valence-corrected chi connectivity index (χ4v) is 3.40. The van der Waals surface area contributed by atoms with Crippen molar-refractivity contribution in [1.29, 1.82) is 0 Å². The Balaban J connectivity index is 2.01. The quantitative estimate of drug-likeness (QED) is 0.617. The van der Waals surface area contributed by atoms with Crippen LogP contribution >= 0.6 is 11.8 Å². The maximum Gasteiger partial charge on any atom is 0.209 e. The normalized spacial score (nSPS) is 11.5. The first-order valence-corrected chi connectivity index (χ1v) is 9.01. The predicted octanol–water partition coefficient (Wildman–Crippen LogP) is 1.65. The van der Waals surface area contributed by atoms with Crippen molar-refractivity contribution in [2.45, 2.75) is 11.6 Å². The minimum atomic E-state index is -3.39. The summed E-state index contributed by atoms with van der Waals surface area (Å²) in [6, 6.07) is 7.64. The molecule has 0 atom stereocenters. The van der Waals surface area contributed by atoms with Gasteiger partial charge in [0.15, 0.2) is 5.16 Å². The van der Waals surface area contributed by atoms with E-state index in [0.29, 0.717) is 12.2 Å². The molecule has 0 spiro atoms. The van der Waals surface area contributed by atoms with Gasteiger partial charge >= 0.3 is 0 Å². The van der Waals surface area contributed by atoms with Crippen LogP contribution in [0, 0.1) is 0 Å². The lowest BCUT2D eigenvalue weighted by molar-refractivity contribution is 0.414. The van der Waals surface area contributed by atoms with Crippen molar-refractivity contribution in [3.05, 3.63) is 36.7 Å². The highest BCUT2D eigenvalue weighted by atomic mass is 32.2. The maximum absolute atomic E-state index is 10.9. The monoisotopic (exact) mass is 327 g/mol. The number of sulfonamides is 1. The SMILES string of the molecule is COc1ccc(-n2ccnc2SCCCS(N)(=O)=O)cc1. The molecular weight excluding hydrogens is 310 g/mol. The first kappa shape index (κ1) is 15.9. The Labute approximate surface area is 128 Å². The van der Waals surface area contributed by atoms with E-state index in [1.807, 2.05) is 35.0 Å². The summed E-state index contributed by atoms with van der Waals surface area (Å²) in [6.07, 6.45) is 4.08. The van der Waals surface area contributed by atoms with E-state index in [2.05, 4.69) is 4.98 Å². The molecule has 0 amide bonds. The highest BCUT2D eigenvalue weighted by Crippen LogP contribution is 2.22. The second kappa shape index (κ2) is 6.97. The van der Waals surface area contributed by atoms with Crippen molar-refractivity contribution >= 4 is 21.8 Å². The van der Waals surface area contributed by atoms with Crippen molar-refractivity contribution in [3.8, 4) is 11.4 Å². The zero-order chi connectivity index (χ0) is 15.3. The van der Waals surface area contributed by atoms with Crippen molar-refractivity contribution < 1.29 is 13.2 Å². The highest BCUT2D eigenvalue weighted by Gasteiger charge is 2.07. The Morgan fingerprint density at radius 3 is 2.67 bits per heavy atom. The van der Waals surface area contributed by atoms with Gasteiger partial charge in [-0.15, -0.1) is 0 Å². The van der Waals surface area contributed by atoms with E-state index in [1.165, 1.54) is 11.8 Å². The van der Waals surface area contributed by atoms with Crippen LogP contribution in [0.1, 0.15) is 6.42 Å². The summed E-state index contributed by atoms with van der Waals surface area (Å²) in [6.45, 7) is 0. The second-order valence-electron chi connectivity index (χ2n) is 4.35. The maximum atomic E-state index is 10.9. The summed E-state index contributed by atoms with van der Waals surface area (Å²) in [4.78, 5) is 4.28. The number of nitrogens with two attached hydrogens (primary N) is 1. The van der Waals surface area contributed by atoms with Crippen molar-refractivity contribution in [2.24, 2.45) is 5.14 Å². The van der Waals surface area contributed by atoms with Gasteiger partial charge in [-0.05, 0) is 30.7 Å². The van der Waals surface area contributed by atoms with Crippen LogP contribution in [0.15, 0.2) is 41.8 Å². The zero-order valence-corrected chi connectivity index (χ0v) is 13.2. The largest absolute Gasteiger partial charge is 0.497 e.